The van der Waals surface area contributed by atoms with Gasteiger partial charge in [-0.25, -0.2) is 9.13 Å². The van der Waals surface area contributed by atoms with E-state index in [4.69, 9.17) is 37.0 Å². The van der Waals surface area contributed by atoms with Crippen molar-refractivity contribution >= 4 is 39.5 Å². The number of carbonyl (C=O) groups is 4. The molecular weight excluding hydrogens is 1270 g/mol. The molecule has 0 saturated carbocycles. The van der Waals surface area contributed by atoms with E-state index in [0.717, 1.165) is 114 Å². The van der Waals surface area contributed by atoms with E-state index >= 15 is 0 Å². The fourth-order valence-electron chi connectivity index (χ4n) is 11.9. The molecule has 0 bridgehead atoms. The SMILES string of the molecule is CCC(C)CCCCCCCCCCCCCCCCCCCCC(=O)O[C@H](COC(=O)CCCCCCCCC(C)C)COP(=O)(O)OC[C@H](O)COP(=O)(O)OC[C@@H](COC(=O)CCCCCCCCCCCCCCC(C)C)OC(=O)CCCCCCCCCCC(C)C. The topological polar surface area (TPSA) is 237 Å². The third-order valence-corrected chi connectivity index (χ3v) is 20.3. The summed E-state index contributed by atoms with van der Waals surface area (Å²) in [6.45, 7) is 14.2. The van der Waals surface area contributed by atoms with Crippen LogP contribution < -0.4 is 0 Å². The van der Waals surface area contributed by atoms with Crippen LogP contribution in [0.25, 0.3) is 0 Å². The molecule has 0 heterocycles. The Hall–Kier alpha value is -1.94. The van der Waals surface area contributed by atoms with E-state index < -0.39 is 97.5 Å². The highest BCUT2D eigenvalue weighted by Gasteiger charge is 2.30. The summed E-state index contributed by atoms with van der Waals surface area (Å²) in [4.78, 5) is 72.8. The fourth-order valence-corrected chi connectivity index (χ4v) is 13.5. The van der Waals surface area contributed by atoms with Crippen LogP contribution in [0.1, 0.15) is 396 Å². The summed E-state index contributed by atoms with van der Waals surface area (Å²) < 4.78 is 68.5. The predicted molar refractivity (Wildman–Crippen MR) is 395 cm³/mol. The molecule has 576 valence electrons. The maximum Gasteiger partial charge on any atom is 0.472 e. The molecule has 0 spiro atoms. The fraction of sp³-hybridized carbons (Fsp3) is 0.949. The Kier molecular flexibility index (Phi) is 65.9. The number of aliphatic hydroxyl groups is 1. The summed E-state index contributed by atoms with van der Waals surface area (Å²) >= 11 is 0. The normalized spacial score (nSPS) is 14.4. The molecule has 0 saturated heterocycles. The summed E-state index contributed by atoms with van der Waals surface area (Å²) in [5.41, 5.74) is 0. The van der Waals surface area contributed by atoms with Gasteiger partial charge in [-0.2, -0.15) is 0 Å². The second kappa shape index (κ2) is 67.2. The maximum atomic E-state index is 13.1. The minimum Gasteiger partial charge on any atom is -0.462 e. The van der Waals surface area contributed by atoms with Crippen LogP contribution in [0.2, 0.25) is 0 Å². The van der Waals surface area contributed by atoms with Gasteiger partial charge >= 0.3 is 39.5 Å². The van der Waals surface area contributed by atoms with E-state index in [0.29, 0.717) is 31.6 Å². The molecule has 0 aromatic heterocycles. The quantitative estimate of drug-likeness (QED) is 0.0222. The van der Waals surface area contributed by atoms with Crippen LogP contribution in [0.15, 0.2) is 0 Å². The van der Waals surface area contributed by atoms with Crippen molar-refractivity contribution in [2.75, 3.05) is 39.6 Å². The molecule has 0 aromatic rings. The molecule has 3 unspecified atom stereocenters. The monoisotopic (exact) mass is 1420 g/mol. The highest BCUT2D eigenvalue weighted by molar-refractivity contribution is 7.47. The lowest BCUT2D eigenvalue weighted by Gasteiger charge is -2.21. The summed E-state index contributed by atoms with van der Waals surface area (Å²) in [6, 6.07) is 0. The van der Waals surface area contributed by atoms with Gasteiger partial charge in [0.1, 0.15) is 19.3 Å². The molecule has 0 fully saturated rings. The molecule has 0 aromatic carbocycles. The first-order valence-electron chi connectivity index (χ1n) is 40.2. The van der Waals surface area contributed by atoms with Gasteiger partial charge in [-0.05, 0) is 49.4 Å². The van der Waals surface area contributed by atoms with Crippen molar-refractivity contribution in [1.82, 2.24) is 0 Å². The maximum absolute atomic E-state index is 13.1. The van der Waals surface area contributed by atoms with Gasteiger partial charge in [-0.15, -0.1) is 0 Å². The Morgan fingerprint density at radius 2 is 0.495 bits per heavy atom. The van der Waals surface area contributed by atoms with Crippen LogP contribution in [-0.2, 0) is 65.4 Å². The first kappa shape index (κ1) is 95.1. The molecule has 0 amide bonds. The average molecular weight is 1420 g/mol. The summed E-state index contributed by atoms with van der Waals surface area (Å²) in [7, 11) is -9.91. The van der Waals surface area contributed by atoms with Crippen LogP contribution in [0.4, 0.5) is 0 Å². The molecule has 3 N–H and O–H groups in total. The zero-order valence-electron chi connectivity index (χ0n) is 63.7. The highest BCUT2D eigenvalue weighted by atomic mass is 31.2. The molecule has 0 aliphatic carbocycles. The Bertz CT molecular complexity index is 1900. The molecule has 97 heavy (non-hydrogen) atoms. The van der Waals surface area contributed by atoms with Crippen LogP contribution in [-0.4, -0.2) is 96.7 Å². The summed E-state index contributed by atoms with van der Waals surface area (Å²) in [5.74, 6) is 0.928. The number of hydrogen-bond donors (Lipinski definition) is 3. The van der Waals surface area contributed by atoms with Crippen molar-refractivity contribution in [1.29, 1.82) is 0 Å². The lowest BCUT2D eigenvalue weighted by molar-refractivity contribution is -0.161. The molecule has 19 heteroatoms. The van der Waals surface area contributed by atoms with Gasteiger partial charge in [0.15, 0.2) is 12.2 Å². The highest BCUT2D eigenvalue weighted by Crippen LogP contribution is 2.45. The van der Waals surface area contributed by atoms with Gasteiger partial charge in [0.05, 0.1) is 26.4 Å². The smallest absolute Gasteiger partial charge is 0.462 e. The van der Waals surface area contributed by atoms with Gasteiger partial charge in [0.25, 0.3) is 0 Å². The Morgan fingerprint density at radius 3 is 0.732 bits per heavy atom. The minimum absolute atomic E-state index is 0.104. The van der Waals surface area contributed by atoms with Crippen molar-refractivity contribution in [2.24, 2.45) is 23.7 Å². The van der Waals surface area contributed by atoms with Gasteiger partial charge in [-0.1, -0.05) is 344 Å². The zero-order chi connectivity index (χ0) is 71.7. The molecular formula is C78H152O17P2. The number of esters is 4. The number of rotatable bonds is 75. The van der Waals surface area contributed by atoms with E-state index in [-0.39, 0.29) is 25.7 Å². The van der Waals surface area contributed by atoms with Crippen LogP contribution in [0.5, 0.6) is 0 Å². The van der Waals surface area contributed by atoms with E-state index in [1.165, 1.54) is 193 Å². The molecule has 0 rings (SSSR count). The number of unbranched alkanes of at least 4 members (excludes halogenated alkanes) is 40. The Morgan fingerprint density at radius 1 is 0.289 bits per heavy atom. The first-order valence-corrected chi connectivity index (χ1v) is 43.2. The van der Waals surface area contributed by atoms with Gasteiger partial charge in [0, 0.05) is 25.7 Å². The Balaban J connectivity index is 5.15. The molecule has 0 aliphatic rings. The predicted octanol–water partition coefficient (Wildman–Crippen LogP) is 22.8. The molecule has 6 atom stereocenters. The second-order valence-corrected chi connectivity index (χ2v) is 32.7. The van der Waals surface area contributed by atoms with Crippen molar-refractivity contribution in [3.63, 3.8) is 0 Å². The lowest BCUT2D eigenvalue weighted by atomic mass is 9.99. The van der Waals surface area contributed by atoms with E-state index in [2.05, 4.69) is 55.4 Å². The molecule has 17 nitrogen and oxygen atoms in total. The average Bonchev–Trinajstić information content (AvgIpc) is 1.21. The number of ether oxygens (including phenoxy) is 4. The number of phosphoric acid groups is 2. The molecule has 0 radical (unpaired) electrons. The van der Waals surface area contributed by atoms with Gasteiger partial charge < -0.3 is 33.8 Å². The number of phosphoric ester groups is 2. The number of aliphatic hydroxyl groups excluding tert-OH is 1. The summed E-state index contributed by atoms with van der Waals surface area (Å²) in [6.07, 6.45) is 53.0. The van der Waals surface area contributed by atoms with E-state index in [1.54, 1.807) is 0 Å². The van der Waals surface area contributed by atoms with Crippen LogP contribution in [0, 0.1) is 23.7 Å². The largest absolute Gasteiger partial charge is 0.472 e. The molecule has 0 aliphatic heterocycles. The van der Waals surface area contributed by atoms with Crippen LogP contribution in [0.3, 0.4) is 0 Å². The van der Waals surface area contributed by atoms with Crippen molar-refractivity contribution in [2.45, 2.75) is 414 Å². The van der Waals surface area contributed by atoms with Crippen molar-refractivity contribution < 1.29 is 80.2 Å². The van der Waals surface area contributed by atoms with E-state index in [1.807, 2.05) is 0 Å². The van der Waals surface area contributed by atoms with Gasteiger partial charge in [0.2, 0.25) is 0 Å². The van der Waals surface area contributed by atoms with Gasteiger partial charge in [-0.3, -0.25) is 37.3 Å². The lowest BCUT2D eigenvalue weighted by Crippen LogP contribution is -2.30. The number of hydrogen-bond acceptors (Lipinski definition) is 15. The van der Waals surface area contributed by atoms with Crippen LogP contribution >= 0.6 is 15.6 Å². The van der Waals surface area contributed by atoms with E-state index in [9.17, 15) is 43.2 Å². The summed E-state index contributed by atoms with van der Waals surface area (Å²) in [5, 5.41) is 10.6. The standard InChI is InChI=1S/C78H152O17P2/c1-9-71(8)57-49-41-32-25-21-16-14-12-10-11-13-15-17-23-27-34-44-52-60-77(82)94-74(65-89-76(81)59-51-43-37-36-40-48-56-70(6)7)67-93-97(86,87)91-63-72(79)62-90-96(84,85)92-66-73(95-78(83)61-53-45-35-29-28-31-39-47-55-69(4)5)64-88-75(80)58-50-42-33-26-22-19-18-20-24-30-38-46-54-68(2)3/h68-74,79H,9-67H2,1-8H3,(H,84,85)(H,86,87)/t71?,72-,73-,74-/m1/s1. The zero-order valence-corrected chi connectivity index (χ0v) is 65.5. The van der Waals surface area contributed by atoms with Crippen molar-refractivity contribution in [3.8, 4) is 0 Å². The van der Waals surface area contributed by atoms with Crippen molar-refractivity contribution in [3.05, 3.63) is 0 Å². The number of carbonyl (C=O) groups excluding carboxylic acids is 4. The third-order valence-electron chi connectivity index (χ3n) is 18.4. The first-order chi connectivity index (χ1) is 46.6. The second-order valence-electron chi connectivity index (χ2n) is 29.8. The Labute approximate surface area is 594 Å². The third kappa shape index (κ3) is 70.9. The minimum atomic E-state index is -4.96.